The van der Waals surface area contributed by atoms with E-state index in [-0.39, 0.29) is 11.8 Å². The summed E-state index contributed by atoms with van der Waals surface area (Å²) in [5, 5.41) is 10.7. The summed E-state index contributed by atoms with van der Waals surface area (Å²) in [7, 11) is 0. The molecule has 0 bridgehead atoms. The highest BCUT2D eigenvalue weighted by Gasteiger charge is 2.21. The number of anilines is 1. The Morgan fingerprint density at radius 3 is 3.00 bits per heavy atom. The average Bonchev–Trinajstić information content (AvgIpc) is 2.38. The summed E-state index contributed by atoms with van der Waals surface area (Å²) >= 11 is 0. The third-order valence-electron chi connectivity index (χ3n) is 2.84. The average molecular weight is 255 g/mol. The van der Waals surface area contributed by atoms with Gasteiger partial charge in [0.2, 0.25) is 0 Å². The highest BCUT2D eigenvalue weighted by molar-refractivity contribution is 5.54. The Morgan fingerprint density at radius 1 is 1.56 bits per heavy atom. The first kappa shape index (κ1) is 12.7. The lowest BCUT2D eigenvalue weighted by atomic mass is 10.2. The van der Waals surface area contributed by atoms with Gasteiger partial charge in [-0.15, -0.1) is 0 Å². The second-order valence-corrected chi connectivity index (χ2v) is 4.10. The lowest BCUT2D eigenvalue weighted by Gasteiger charge is -2.33. The van der Waals surface area contributed by atoms with Crippen molar-refractivity contribution in [2.45, 2.75) is 6.10 Å². The van der Waals surface area contributed by atoms with Crippen molar-refractivity contribution in [2.75, 3.05) is 31.1 Å². The Kier molecular flexibility index (Phi) is 3.73. The summed E-state index contributed by atoms with van der Waals surface area (Å²) in [5.74, 6) is -0.616. The summed E-state index contributed by atoms with van der Waals surface area (Å²) in [6.07, 6.45) is -0.124. The SMILES string of the molecule is NCC1CN(c2cc(F)cc([N+](=O)[O-])c2)CCO1. The van der Waals surface area contributed by atoms with E-state index in [0.29, 0.717) is 31.9 Å². The maximum absolute atomic E-state index is 13.3. The molecule has 1 aliphatic rings. The Balaban J connectivity index is 2.24. The Bertz CT molecular complexity index is 455. The third-order valence-corrected chi connectivity index (χ3v) is 2.84. The van der Waals surface area contributed by atoms with Gasteiger partial charge in [0.05, 0.1) is 23.7 Å². The first-order chi connectivity index (χ1) is 8.60. The molecule has 1 aromatic carbocycles. The van der Waals surface area contributed by atoms with Crippen LogP contribution in [0.15, 0.2) is 18.2 Å². The van der Waals surface area contributed by atoms with Gasteiger partial charge in [-0.1, -0.05) is 0 Å². The van der Waals surface area contributed by atoms with Crippen LogP contribution in [0.25, 0.3) is 0 Å². The first-order valence-corrected chi connectivity index (χ1v) is 5.61. The predicted molar refractivity (Wildman–Crippen MR) is 64.1 cm³/mol. The molecular weight excluding hydrogens is 241 g/mol. The normalized spacial score (nSPS) is 19.9. The minimum absolute atomic E-state index is 0.124. The van der Waals surface area contributed by atoms with Crippen LogP contribution < -0.4 is 10.6 Å². The van der Waals surface area contributed by atoms with E-state index in [4.69, 9.17) is 10.5 Å². The van der Waals surface area contributed by atoms with Crippen molar-refractivity contribution < 1.29 is 14.1 Å². The molecule has 98 valence electrons. The van der Waals surface area contributed by atoms with Crippen molar-refractivity contribution in [3.63, 3.8) is 0 Å². The van der Waals surface area contributed by atoms with Crippen molar-refractivity contribution in [1.82, 2.24) is 0 Å². The zero-order valence-electron chi connectivity index (χ0n) is 9.71. The topological polar surface area (TPSA) is 81.6 Å². The van der Waals surface area contributed by atoms with Crippen LogP contribution in [0.5, 0.6) is 0 Å². The van der Waals surface area contributed by atoms with Gasteiger partial charge in [0.15, 0.2) is 0 Å². The van der Waals surface area contributed by atoms with Gasteiger partial charge in [-0.05, 0) is 6.07 Å². The molecule has 1 aromatic rings. The minimum Gasteiger partial charge on any atom is -0.373 e. The number of halogens is 1. The van der Waals surface area contributed by atoms with Gasteiger partial charge in [-0.25, -0.2) is 4.39 Å². The largest absolute Gasteiger partial charge is 0.373 e. The molecular formula is C11H14FN3O3. The maximum atomic E-state index is 13.3. The molecule has 7 heteroatoms. The fourth-order valence-electron chi connectivity index (χ4n) is 1.94. The molecule has 0 spiro atoms. The number of morpholine rings is 1. The van der Waals surface area contributed by atoms with E-state index in [1.165, 1.54) is 12.1 Å². The van der Waals surface area contributed by atoms with Crippen LogP contribution >= 0.6 is 0 Å². The Hall–Kier alpha value is -1.73. The number of hydrogen-bond acceptors (Lipinski definition) is 5. The molecule has 0 radical (unpaired) electrons. The van der Waals surface area contributed by atoms with Crippen LogP contribution in [0.1, 0.15) is 0 Å². The lowest BCUT2D eigenvalue weighted by molar-refractivity contribution is -0.385. The minimum atomic E-state index is -0.616. The van der Waals surface area contributed by atoms with Gasteiger partial charge >= 0.3 is 0 Å². The van der Waals surface area contributed by atoms with Crippen LogP contribution in [0.3, 0.4) is 0 Å². The third kappa shape index (κ3) is 2.74. The number of benzene rings is 1. The van der Waals surface area contributed by atoms with Gasteiger partial charge in [-0.3, -0.25) is 10.1 Å². The van der Waals surface area contributed by atoms with Crippen molar-refractivity contribution in [3.05, 3.63) is 34.1 Å². The Morgan fingerprint density at radius 2 is 2.33 bits per heavy atom. The number of ether oxygens (including phenoxy) is 1. The van der Waals surface area contributed by atoms with Crippen molar-refractivity contribution in [3.8, 4) is 0 Å². The van der Waals surface area contributed by atoms with Crippen LogP contribution in [0, 0.1) is 15.9 Å². The standard InChI is InChI=1S/C11H14FN3O3/c12-8-3-9(5-10(4-8)15(16)17)14-1-2-18-11(6-13)7-14/h3-5,11H,1-2,6-7,13H2. The van der Waals surface area contributed by atoms with E-state index in [9.17, 15) is 14.5 Å². The van der Waals surface area contributed by atoms with Crippen molar-refractivity contribution in [1.29, 1.82) is 0 Å². The van der Waals surface area contributed by atoms with Crippen LogP contribution in [-0.2, 0) is 4.74 Å². The second kappa shape index (κ2) is 5.28. The number of rotatable bonds is 3. The number of non-ortho nitro benzene ring substituents is 1. The number of nitrogens with two attached hydrogens (primary N) is 1. The number of hydrogen-bond donors (Lipinski definition) is 1. The van der Waals surface area contributed by atoms with E-state index in [0.717, 1.165) is 6.07 Å². The molecule has 1 fully saturated rings. The van der Waals surface area contributed by atoms with Crippen molar-refractivity contribution >= 4 is 11.4 Å². The summed E-state index contributed by atoms with van der Waals surface area (Å²) in [4.78, 5) is 11.9. The summed E-state index contributed by atoms with van der Waals surface area (Å²) in [5.41, 5.74) is 5.76. The van der Waals surface area contributed by atoms with Crippen LogP contribution in [0.2, 0.25) is 0 Å². The smallest absolute Gasteiger partial charge is 0.274 e. The number of nitro groups is 1. The summed E-state index contributed by atoms with van der Waals surface area (Å²) in [6, 6.07) is 3.55. The number of nitro benzene ring substituents is 1. The second-order valence-electron chi connectivity index (χ2n) is 4.10. The molecule has 0 amide bonds. The van der Waals surface area contributed by atoms with Crippen molar-refractivity contribution in [2.24, 2.45) is 5.73 Å². The monoisotopic (exact) mass is 255 g/mol. The number of nitrogens with zero attached hydrogens (tertiary/aromatic N) is 2. The van der Waals surface area contributed by atoms with Crippen LogP contribution in [0.4, 0.5) is 15.8 Å². The van der Waals surface area contributed by atoms with Gasteiger partial charge in [0.25, 0.3) is 5.69 Å². The van der Waals surface area contributed by atoms with E-state index < -0.39 is 10.7 Å². The highest BCUT2D eigenvalue weighted by Crippen LogP contribution is 2.24. The molecule has 6 nitrogen and oxygen atoms in total. The summed E-state index contributed by atoms with van der Waals surface area (Å²) in [6.45, 7) is 1.92. The van der Waals surface area contributed by atoms with Gasteiger partial charge < -0.3 is 15.4 Å². The van der Waals surface area contributed by atoms with E-state index >= 15 is 0 Å². The molecule has 0 aliphatic carbocycles. The molecule has 0 aromatic heterocycles. The summed E-state index contributed by atoms with van der Waals surface area (Å²) < 4.78 is 18.7. The quantitative estimate of drug-likeness (QED) is 0.641. The zero-order chi connectivity index (χ0) is 13.1. The molecule has 1 heterocycles. The molecule has 0 saturated carbocycles. The van der Waals surface area contributed by atoms with Gasteiger partial charge in [0.1, 0.15) is 5.82 Å². The highest BCUT2D eigenvalue weighted by atomic mass is 19.1. The zero-order valence-corrected chi connectivity index (χ0v) is 9.71. The molecule has 2 N–H and O–H groups in total. The Labute approximate surface area is 103 Å². The molecule has 1 aliphatic heterocycles. The molecule has 1 unspecified atom stereocenters. The first-order valence-electron chi connectivity index (χ1n) is 5.61. The predicted octanol–water partition coefficient (Wildman–Crippen LogP) is 0.898. The van der Waals surface area contributed by atoms with Gasteiger partial charge in [0, 0.05) is 31.4 Å². The van der Waals surface area contributed by atoms with Gasteiger partial charge in [-0.2, -0.15) is 0 Å². The van der Waals surface area contributed by atoms with E-state index in [2.05, 4.69) is 0 Å². The lowest BCUT2D eigenvalue weighted by Crippen LogP contribution is -2.45. The molecule has 2 rings (SSSR count). The molecule has 18 heavy (non-hydrogen) atoms. The fourth-order valence-corrected chi connectivity index (χ4v) is 1.94. The van der Waals surface area contributed by atoms with E-state index in [1.54, 1.807) is 0 Å². The maximum Gasteiger partial charge on any atom is 0.274 e. The van der Waals surface area contributed by atoms with E-state index in [1.807, 2.05) is 4.90 Å². The fraction of sp³-hybridized carbons (Fsp3) is 0.455. The van der Waals surface area contributed by atoms with Crippen LogP contribution in [-0.4, -0.2) is 37.3 Å². The molecule has 1 atom stereocenters. The molecule has 1 saturated heterocycles.